The van der Waals surface area contributed by atoms with Gasteiger partial charge in [0.1, 0.15) is 0 Å². The van der Waals surface area contributed by atoms with E-state index in [2.05, 4.69) is 127 Å². The SMILES string of the molecule is CC(C)=CCC1C(C)C=CC(O[Si](c2ccccc2)(c2ccccc2)C(C)(C)C)C1C. The topological polar surface area (TPSA) is 9.23 Å². The second kappa shape index (κ2) is 9.71. The first-order valence-corrected chi connectivity index (χ1v) is 13.7. The molecule has 1 nitrogen and oxygen atoms in total. The molecule has 0 spiro atoms. The van der Waals surface area contributed by atoms with Gasteiger partial charge in [-0.25, -0.2) is 0 Å². The van der Waals surface area contributed by atoms with E-state index in [0.717, 1.165) is 6.42 Å². The van der Waals surface area contributed by atoms with Gasteiger partial charge in [-0.05, 0) is 53.4 Å². The van der Waals surface area contributed by atoms with E-state index in [9.17, 15) is 0 Å². The highest BCUT2D eigenvalue weighted by atomic mass is 28.4. The minimum atomic E-state index is -2.54. The van der Waals surface area contributed by atoms with Gasteiger partial charge in [-0.2, -0.15) is 0 Å². The maximum absolute atomic E-state index is 7.44. The van der Waals surface area contributed by atoms with E-state index in [-0.39, 0.29) is 11.1 Å². The summed E-state index contributed by atoms with van der Waals surface area (Å²) in [7, 11) is -2.54. The smallest absolute Gasteiger partial charge is 0.261 e. The second-order valence-electron chi connectivity index (χ2n) is 10.5. The Morgan fingerprint density at radius 1 is 0.871 bits per heavy atom. The van der Waals surface area contributed by atoms with Crippen LogP contribution in [0.4, 0.5) is 0 Å². The lowest BCUT2D eigenvalue weighted by atomic mass is 9.74. The second-order valence-corrected chi connectivity index (χ2v) is 14.8. The largest absolute Gasteiger partial charge is 0.401 e. The summed E-state index contributed by atoms with van der Waals surface area (Å²) >= 11 is 0. The van der Waals surface area contributed by atoms with Gasteiger partial charge in [-0.3, -0.25) is 0 Å². The molecule has 0 aromatic heterocycles. The van der Waals surface area contributed by atoms with Crippen LogP contribution in [0.5, 0.6) is 0 Å². The maximum Gasteiger partial charge on any atom is 0.261 e. The van der Waals surface area contributed by atoms with E-state index in [1.165, 1.54) is 15.9 Å². The summed E-state index contributed by atoms with van der Waals surface area (Å²) in [5, 5.41) is 2.71. The predicted molar refractivity (Wildman–Crippen MR) is 137 cm³/mol. The molecular formula is C29H40OSi. The lowest BCUT2D eigenvalue weighted by molar-refractivity contribution is 0.107. The maximum atomic E-state index is 7.44. The molecule has 3 rings (SSSR count). The van der Waals surface area contributed by atoms with Crippen molar-refractivity contribution in [3.8, 4) is 0 Å². The van der Waals surface area contributed by atoms with Crippen molar-refractivity contribution in [2.75, 3.05) is 0 Å². The third kappa shape index (κ3) is 4.96. The molecule has 0 saturated heterocycles. The molecule has 166 valence electrons. The van der Waals surface area contributed by atoms with Crippen molar-refractivity contribution in [2.24, 2.45) is 17.8 Å². The van der Waals surface area contributed by atoms with Crippen LogP contribution in [0.3, 0.4) is 0 Å². The van der Waals surface area contributed by atoms with Crippen LogP contribution < -0.4 is 10.4 Å². The van der Waals surface area contributed by atoms with Crippen molar-refractivity contribution in [1.29, 1.82) is 0 Å². The summed E-state index contributed by atoms with van der Waals surface area (Å²) in [6.45, 7) is 16.2. The van der Waals surface area contributed by atoms with Crippen molar-refractivity contribution in [3.05, 3.63) is 84.5 Å². The third-order valence-corrected chi connectivity index (χ3v) is 12.0. The fourth-order valence-electron chi connectivity index (χ4n) is 5.17. The van der Waals surface area contributed by atoms with Gasteiger partial charge in [0.2, 0.25) is 0 Å². The quantitative estimate of drug-likeness (QED) is 0.362. The van der Waals surface area contributed by atoms with Crippen LogP contribution in [0.15, 0.2) is 84.5 Å². The number of allylic oxidation sites excluding steroid dienone is 3. The van der Waals surface area contributed by atoms with Crippen molar-refractivity contribution >= 4 is 18.7 Å². The van der Waals surface area contributed by atoms with Crippen LogP contribution in [-0.4, -0.2) is 14.4 Å². The first-order valence-electron chi connectivity index (χ1n) is 11.8. The van der Waals surface area contributed by atoms with E-state index in [0.29, 0.717) is 17.8 Å². The average molecular weight is 433 g/mol. The van der Waals surface area contributed by atoms with E-state index < -0.39 is 8.32 Å². The van der Waals surface area contributed by atoms with Crippen LogP contribution >= 0.6 is 0 Å². The average Bonchev–Trinajstić information content (AvgIpc) is 2.73. The van der Waals surface area contributed by atoms with Crippen molar-refractivity contribution < 1.29 is 4.43 Å². The molecule has 0 aliphatic heterocycles. The Morgan fingerprint density at radius 2 is 1.39 bits per heavy atom. The van der Waals surface area contributed by atoms with Crippen LogP contribution in [0.1, 0.15) is 54.9 Å². The molecule has 4 unspecified atom stereocenters. The molecule has 0 bridgehead atoms. The Bertz CT molecular complexity index is 848. The number of hydrogen-bond acceptors (Lipinski definition) is 1. The Labute approximate surface area is 191 Å². The molecule has 1 aliphatic carbocycles. The fourth-order valence-corrected chi connectivity index (χ4v) is 9.88. The van der Waals surface area contributed by atoms with Crippen LogP contribution in [0.25, 0.3) is 0 Å². The van der Waals surface area contributed by atoms with Crippen LogP contribution in [0.2, 0.25) is 5.04 Å². The first kappa shape index (κ1) is 23.8. The van der Waals surface area contributed by atoms with Gasteiger partial charge in [0.05, 0.1) is 6.10 Å². The summed E-state index contributed by atoms with van der Waals surface area (Å²) < 4.78 is 7.44. The lowest BCUT2D eigenvalue weighted by Crippen LogP contribution is -2.68. The van der Waals surface area contributed by atoms with Crippen LogP contribution in [-0.2, 0) is 4.43 Å². The van der Waals surface area contributed by atoms with E-state index in [1.807, 2.05) is 0 Å². The number of hydrogen-bond donors (Lipinski definition) is 0. The molecule has 0 N–H and O–H groups in total. The Kier molecular flexibility index (Phi) is 7.44. The number of rotatable bonds is 6. The van der Waals surface area contributed by atoms with Crippen molar-refractivity contribution in [2.45, 2.75) is 66.0 Å². The first-order chi connectivity index (χ1) is 14.7. The molecular weight excluding hydrogens is 392 g/mol. The zero-order valence-electron chi connectivity index (χ0n) is 20.4. The minimum absolute atomic E-state index is 0.00172. The Hall–Kier alpha value is -1.90. The highest BCUT2D eigenvalue weighted by molar-refractivity contribution is 6.99. The highest BCUT2D eigenvalue weighted by Gasteiger charge is 2.52. The molecule has 31 heavy (non-hydrogen) atoms. The minimum Gasteiger partial charge on any atom is -0.401 e. The fraction of sp³-hybridized carbons (Fsp3) is 0.448. The molecule has 0 radical (unpaired) electrons. The zero-order valence-corrected chi connectivity index (χ0v) is 21.4. The van der Waals surface area contributed by atoms with Gasteiger partial charge in [0.15, 0.2) is 0 Å². The predicted octanol–water partition coefficient (Wildman–Crippen LogP) is 6.75. The Balaban J connectivity index is 2.09. The summed E-state index contributed by atoms with van der Waals surface area (Å²) in [6, 6.07) is 22.0. The van der Waals surface area contributed by atoms with Crippen LogP contribution in [0, 0.1) is 17.8 Å². The highest BCUT2D eigenvalue weighted by Crippen LogP contribution is 2.41. The molecule has 2 aromatic rings. The van der Waals surface area contributed by atoms with E-state index in [1.54, 1.807) is 0 Å². The molecule has 0 fully saturated rings. The van der Waals surface area contributed by atoms with Gasteiger partial charge in [-0.1, -0.05) is 119 Å². The summed E-state index contributed by atoms with van der Waals surface area (Å²) in [4.78, 5) is 0. The van der Waals surface area contributed by atoms with Gasteiger partial charge < -0.3 is 4.43 Å². The molecule has 0 heterocycles. The van der Waals surface area contributed by atoms with E-state index in [4.69, 9.17) is 4.43 Å². The monoisotopic (exact) mass is 432 g/mol. The van der Waals surface area contributed by atoms with E-state index >= 15 is 0 Å². The zero-order chi connectivity index (χ0) is 22.6. The normalized spacial score (nSPS) is 24.1. The summed E-state index contributed by atoms with van der Waals surface area (Å²) in [6.07, 6.45) is 8.39. The van der Waals surface area contributed by atoms with Gasteiger partial charge in [-0.15, -0.1) is 0 Å². The molecule has 0 amide bonds. The molecule has 2 heteroatoms. The molecule has 4 atom stereocenters. The van der Waals surface area contributed by atoms with Gasteiger partial charge >= 0.3 is 0 Å². The summed E-state index contributed by atoms with van der Waals surface area (Å²) in [5.74, 6) is 1.64. The molecule has 2 aromatic carbocycles. The third-order valence-electron chi connectivity index (χ3n) is 7.00. The molecule has 0 saturated carbocycles. The molecule has 1 aliphatic rings. The standard InChI is InChI=1S/C29H40OSi/c1-22(2)18-20-27-23(3)19-21-28(24(27)4)30-31(29(5,6)7,25-14-10-8-11-15-25)26-16-12-9-13-17-26/h8-19,21,23-24,27-28H,20H2,1-7H3. The number of benzene rings is 2. The van der Waals surface area contributed by atoms with Gasteiger partial charge in [0.25, 0.3) is 8.32 Å². The van der Waals surface area contributed by atoms with Crippen molar-refractivity contribution in [1.82, 2.24) is 0 Å². The Morgan fingerprint density at radius 3 is 1.84 bits per heavy atom. The van der Waals surface area contributed by atoms with Crippen molar-refractivity contribution in [3.63, 3.8) is 0 Å². The lowest BCUT2D eigenvalue weighted by Gasteiger charge is -2.47. The van der Waals surface area contributed by atoms with Gasteiger partial charge in [0, 0.05) is 0 Å². The summed E-state index contributed by atoms with van der Waals surface area (Å²) in [5.41, 5.74) is 1.40.